The molecule has 0 saturated heterocycles. The van der Waals surface area contributed by atoms with Gasteiger partial charge in [-0.25, -0.2) is 4.79 Å². The highest BCUT2D eigenvalue weighted by Gasteiger charge is 2.48. The first-order valence-electron chi connectivity index (χ1n) is 6.06. The van der Waals surface area contributed by atoms with Crippen molar-refractivity contribution in [2.75, 3.05) is 12.0 Å². The van der Waals surface area contributed by atoms with E-state index in [4.69, 9.17) is 9.84 Å². The fraction of sp³-hybridized carbons (Fsp3) is 0.385. The van der Waals surface area contributed by atoms with E-state index >= 15 is 0 Å². The molecule has 0 aliphatic carbocycles. The molecule has 8 heteroatoms. The molecule has 1 heterocycles. The molecule has 1 aliphatic rings. The lowest BCUT2D eigenvalue weighted by Gasteiger charge is -2.35. The smallest absolute Gasteiger partial charge is 0.471 e. The van der Waals surface area contributed by atoms with Crippen LogP contribution in [0.4, 0.5) is 18.9 Å². The molecule has 1 unspecified atom stereocenters. The van der Waals surface area contributed by atoms with Gasteiger partial charge in [0.1, 0.15) is 11.8 Å². The minimum Gasteiger partial charge on any atom is -0.497 e. The van der Waals surface area contributed by atoms with Crippen molar-refractivity contribution in [2.24, 2.45) is 0 Å². The molecule has 1 N–H and O–H groups in total. The first-order valence-corrected chi connectivity index (χ1v) is 6.06. The predicted octanol–water partition coefficient (Wildman–Crippen LogP) is 1.99. The number of carboxylic acids is 1. The number of anilines is 1. The predicted molar refractivity (Wildman–Crippen MR) is 66.3 cm³/mol. The number of carboxylic acid groups (broad SMARTS) is 1. The second kappa shape index (κ2) is 5.27. The lowest BCUT2D eigenvalue weighted by molar-refractivity contribution is -0.172. The largest absolute Gasteiger partial charge is 0.497 e. The number of hydrogen-bond donors (Lipinski definition) is 1. The number of amides is 1. The van der Waals surface area contributed by atoms with Gasteiger partial charge in [0.2, 0.25) is 0 Å². The van der Waals surface area contributed by atoms with Crippen molar-refractivity contribution in [2.45, 2.75) is 25.1 Å². The summed E-state index contributed by atoms with van der Waals surface area (Å²) in [6.45, 7) is 0. The van der Waals surface area contributed by atoms with Gasteiger partial charge in [-0.2, -0.15) is 13.2 Å². The van der Waals surface area contributed by atoms with Crippen LogP contribution in [0.3, 0.4) is 0 Å². The second-order valence-corrected chi connectivity index (χ2v) is 4.56. The Labute approximate surface area is 117 Å². The van der Waals surface area contributed by atoms with Crippen LogP contribution in [0.5, 0.6) is 5.75 Å². The summed E-state index contributed by atoms with van der Waals surface area (Å²) < 4.78 is 43.1. The van der Waals surface area contributed by atoms with Crippen LogP contribution in [-0.4, -0.2) is 36.3 Å². The summed E-state index contributed by atoms with van der Waals surface area (Å²) in [6.07, 6.45) is -4.94. The summed E-state index contributed by atoms with van der Waals surface area (Å²) in [5.41, 5.74) is 0.404. The third kappa shape index (κ3) is 2.79. The first-order chi connectivity index (χ1) is 9.75. The molecule has 114 valence electrons. The van der Waals surface area contributed by atoms with Gasteiger partial charge in [-0.15, -0.1) is 0 Å². The maximum absolute atomic E-state index is 12.7. The van der Waals surface area contributed by atoms with Crippen molar-refractivity contribution in [3.63, 3.8) is 0 Å². The number of aliphatic carboxylic acids is 1. The Bertz CT molecular complexity index is 585. The van der Waals surface area contributed by atoms with Crippen LogP contribution in [0.15, 0.2) is 18.2 Å². The summed E-state index contributed by atoms with van der Waals surface area (Å²) in [6, 6.07) is 2.78. The first kappa shape index (κ1) is 15.1. The average molecular weight is 303 g/mol. The highest BCUT2D eigenvalue weighted by Crippen LogP contribution is 2.36. The summed E-state index contributed by atoms with van der Waals surface area (Å²) in [7, 11) is 1.33. The van der Waals surface area contributed by atoms with E-state index in [1.165, 1.54) is 19.2 Å². The number of halogens is 3. The minimum absolute atomic E-state index is 0.0729. The molecule has 1 aromatic rings. The van der Waals surface area contributed by atoms with Crippen LogP contribution in [0.25, 0.3) is 0 Å². The van der Waals surface area contributed by atoms with Crippen LogP contribution in [0, 0.1) is 0 Å². The fourth-order valence-corrected chi connectivity index (χ4v) is 2.32. The number of ether oxygens (including phenoxy) is 1. The molecule has 1 amide bonds. The van der Waals surface area contributed by atoms with E-state index in [0.717, 1.165) is 0 Å². The number of methoxy groups -OCH3 is 1. The SMILES string of the molecule is COc1ccc2c(c1)N(C(=O)C(F)(F)F)C(C(=O)O)CC2. The minimum atomic E-state index is -5.15. The van der Waals surface area contributed by atoms with Crippen LogP contribution < -0.4 is 9.64 Å². The van der Waals surface area contributed by atoms with Gasteiger partial charge in [0, 0.05) is 6.07 Å². The van der Waals surface area contributed by atoms with Gasteiger partial charge in [-0.05, 0) is 24.5 Å². The van der Waals surface area contributed by atoms with Gasteiger partial charge >= 0.3 is 18.1 Å². The van der Waals surface area contributed by atoms with E-state index in [-0.39, 0.29) is 24.3 Å². The average Bonchev–Trinajstić information content (AvgIpc) is 2.43. The molecule has 1 aromatic carbocycles. The molecule has 2 rings (SSSR count). The Morgan fingerprint density at radius 1 is 1.38 bits per heavy atom. The van der Waals surface area contributed by atoms with Crippen LogP contribution in [0.2, 0.25) is 0 Å². The Morgan fingerprint density at radius 2 is 2.05 bits per heavy atom. The maximum Gasteiger partial charge on any atom is 0.471 e. The van der Waals surface area contributed by atoms with Crippen molar-refractivity contribution < 1.29 is 32.6 Å². The topological polar surface area (TPSA) is 66.8 Å². The van der Waals surface area contributed by atoms with E-state index < -0.39 is 24.1 Å². The van der Waals surface area contributed by atoms with Gasteiger partial charge in [0.25, 0.3) is 0 Å². The zero-order chi connectivity index (χ0) is 15.8. The van der Waals surface area contributed by atoms with Gasteiger partial charge in [0.05, 0.1) is 12.8 Å². The molecule has 0 bridgehead atoms. The van der Waals surface area contributed by atoms with Gasteiger partial charge in [0.15, 0.2) is 0 Å². The van der Waals surface area contributed by atoms with Crippen molar-refractivity contribution in [1.82, 2.24) is 0 Å². The molecule has 0 spiro atoms. The molecule has 1 aliphatic heterocycles. The van der Waals surface area contributed by atoms with Crippen molar-refractivity contribution >= 4 is 17.6 Å². The highest BCUT2D eigenvalue weighted by molar-refractivity contribution is 6.03. The highest BCUT2D eigenvalue weighted by atomic mass is 19.4. The maximum atomic E-state index is 12.7. The Morgan fingerprint density at radius 3 is 2.57 bits per heavy atom. The number of carbonyl (C=O) groups excluding carboxylic acids is 1. The molecule has 1 atom stereocenters. The summed E-state index contributed by atoms with van der Waals surface area (Å²) in [5, 5.41) is 9.08. The Kier molecular flexibility index (Phi) is 3.80. The van der Waals surface area contributed by atoms with Crippen LogP contribution in [-0.2, 0) is 16.0 Å². The number of benzene rings is 1. The standard InChI is InChI=1S/C13H12F3NO4/c1-21-8-4-2-7-3-5-9(11(18)19)17(10(7)6-8)12(20)13(14,15)16/h2,4,6,9H,3,5H2,1H3,(H,18,19). The summed E-state index contributed by atoms with van der Waals surface area (Å²) in [4.78, 5) is 23.1. The number of fused-ring (bicyclic) bond motifs is 1. The number of nitrogens with zero attached hydrogens (tertiary/aromatic N) is 1. The number of rotatable bonds is 2. The molecule has 0 saturated carbocycles. The fourth-order valence-electron chi connectivity index (χ4n) is 2.32. The lowest BCUT2D eigenvalue weighted by atomic mass is 9.95. The molecular weight excluding hydrogens is 291 g/mol. The second-order valence-electron chi connectivity index (χ2n) is 4.56. The van der Waals surface area contributed by atoms with E-state index in [2.05, 4.69) is 0 Å². The number of alkyl halides is 3. The number of hydrogen-bond acceptors (Lipinski definition) is 3. The number of carbonyl (C=O) groups is 2. The zero-order valence-electron chi connectivity index (χ0n) is 11.0. The Balaban J connectivity index is 2.55. The van der Waals surface area contributed by atoms with E-state index in [1.807, 2.05) is 0 Å². The third-order valence-electron chi connectivity index (χ3n) is 3.30. The van der Waals surface area contributed by atoms with E-state index in [1.54, 1.807) is 6.07 Å². The number of aryl methyl sites for hydroxylation is 1. The van der Waals surface area contributed by atoms with Gasteiger partial charge in [-0.1, -0.05) is 6.07 Å². The van der Waals surface area contributed by atoms with Gasteiger partial charge < -0.3 is 9.84 Å². The quantitative estimate of drug-likeness (QED) is 0.907. The molecule has 0 fully saturated rings. The van der Waals surface area contributed by atoms with E-state index in [9.17, 15) is 22.8 Å². The Hall–Kier alpha value is -2.25. The summed E-state index contributed by atoms with van der Waals surface area (Å²) >= 11 is 0. The van der Waals surface area contributed by atoms with E-state index in [0.29, 0.717) is 10.5 Å². The monoisotopic (exact) mass is 303 g/mol. The van der Waals surface area contributed by atoms with Crippen molar-refractivity contribution in [3.05, 3.63) is 23.8 Å². The molecule has 0 aromatic heterocycles. The molecular formula is C13H12F3NO4. The summed E-state index contributed by atoms with van der Waals surface area (Å²) in [5.74, 6) is -3.41. The molecule has 5 nitrogen and oxygen atoms in total. The lowest BCUT2D eigenvalue weighted by Crippen LogP contribution is -2.52. The van der Waals surface area contributed by atoms with Crippen molar-refractivity contribution in [3.8, 4) is 5.75 Å². The van der Waals surface area contributed by atoms with Crippen LogP contribution in [0.1, 0.15) is 12.0 Å². The normalized spacial score (nSPS) is 18.1. The molecule has 21 heavy (non-hydrogen) atoms. The van der Waals surface area contributed by atoms with Crippen molar-refractivity contribution in [1.29, 1.82) is 0 Å². The molecule has 0 radical (unpaired) electrons. The zero-order valence-corrected chi connectivity index (χ0v) is 11.0. The third-order valence-corrected chi connectivity index (χ3v) is 3.30. The van der Waals surface area contributed by atoms with Gasteiger partial charge in [-0.3, -0.25) is 9.69 Å². The van der Waals surface area contributed by atoms with Crippen LogP contribution >= 0.6 is 0 Å².